The summed E-state index contributed by atoms with van der Waals surface area (Å²) in [5.74, 6) is -0.625. The Labute approximate surface area is 225 Å². The van der Waals surface area contributed by atoms with Gasteiger partial charge in [0, 0.05) is 62.1 Å². The smallest absolute Gasteiger partial charge is 0.286 e. The summed E-state index contributed by atoms with van der Waals surface area (Å²) >= 11 is 0. The molecule has 1 fully saturated rings. The Hall–Kier alpha value is -4.25. The van der Waals surface area contributed by atoms with Gasteiger partial charge in [-0.25, -0.2) is 18.7 Å². The number of aromatic nitrogens is 5. The first kappa shape index (κ1) is 26.4. The van der Waals surface area contributed by atoms with Crippen LogP contribution in [0.25, 0.3) is 16.7 Å². The Morgan fingerprint density at radius 1 is 1.13 bits per heavy atom. The van der Waals surface area contributed by atoms with Gasteiger partial charge in [0.25, 0.3) is 11.1 Å². The van der Waals surface area contributed by atoms with Gasteiger partial charge in [-0.15, -0.1) is 6.58 Å². The molecule has 3 aromatic heterocycles. The maximum atomic E-state index is 14.7. The molecule has 0 aliphatic carbocycles. The second kappa shape index (κ2) is 10.5. The Morgan fingerprint density at radius 3 is 2.54 bits per heavy atom. The minimum Gasteiger partial charge on any atom is -0.369 e. The molecule has 4 aromatic rings. The molecule has 0 atom stereocenters. The van der Waals surface area contributed by atoms with Crippen LogP contribution in [-0.2, 0) is 6.54 Å². The molecule has 1 aliphatic heterocycles. The molecule has 1 aromatic carbocycles. The quantitative estimate of drug-likeness (QED) is 0.365. The number of aryl methyl sites for hydroxylation is 1. The van der Waals surface area contributed by atoms with E-state index in [1.165, 1.54) is 32.0 Å². The molecule has 204 valence electrons. The largest absolute Gasteiger partial charge is 0.369 e. The van der Waals surface area contributed by atoms with Crippen molar-refractivity contribution in [1.29, 1.82) is 0 Å². The second-order valence-electron chi connectivity index (χ2n) is 10.2. The zero-order valence-corrected chi connectivity index (χ0v) is 22.7. The highest BCUT2D eigenvalue weighted by Crippen LogP contribution is 2.26. The summed E-state index contributed by atoms with van der Waals surface area (Å²) in [6, 6.07) is 6.96. The number of likely N-dealkylation sites (N-methyl/N-ethyl adjacent to an activating group) is 1. The summed E-state index contributed by atoms with van der Waals surface area (Å²) < 4.78 is 18.9. The molecular formula is C28H33FN8O2. The molecule has 1 N–H and O–H groups in total. The van der Waals surface area contributed by atoms with Crippen LogP contribution in [0.2, 0.25) is 0 Å². The first-order valence-corrected chi connectivity index (χ1v) is 13.0. The monoisotopic (exact) mass is 532 g/mol. The van der Waals surface area contributed by atoms with Gasteiger partial charge in [-0.3, -0.25) is 9.59 Å². The normalized spacial score (nSPS) is 14.4. The topological polar surface area (TPSA) is 93.2 Å². The van der Waals surface area contributed by atoms with Crippen LogP contribution in [0.4, 0.5) is 21.7 Å². The molecule has 0 spiro atoms. The molecule has 39 heavy (non-hydrogen) atoms. The summed E-state index contributed by atoms with van der Waals surface area (Å²) in [5, 5.41) is 3.51. The van der Waals surface area contributed by atoms with E-state index in [9.17, 15) is 14.0 Å². The highest BCUT2D eigenvalue weighted by molar-refractivity contribution is 5.77. The van der Waals surface area contributed by atoms with E-state index in [2.05, 4.69) is 51.7 Å². The van der Waals surface area contributed by atoms with Gasteiger partial charge in [0.15, 0.2) is 11.5 Å². The van der Waals surface area contributed by atoms with E-state index in [1.807, 2.05) is 12.1 Å². The number of hydrogen-bond donors (Lipinski definition) is 1. The Balaban J connectivity index is 1.55. The molecule has 0 amide bonds. The van der Waals surface area contributed by atoms with Crippen LogP contribution in [0.15, 0.2) is 58.9 Å². The lowest BCUT2D eigenvalue weighted by molar-refractivity contribution is 0.312. The van der Waals surface area contributed by atoms with Crippen LogP contribution in [0.5, 0.6) is 0 Å². The lowest BCUT2D eigenvalue weighted by Gasteiger charge is -2.35. The third-order valence-corrected chi connectivity index (χ3v) is 7.06. The molecule has 1 aliphatic rings. The average molecular weight is 533 g/mol. The summed E-state index contributed by atoms with van der Waals surface area (Å²) in [4.78, 5) is 39.3. The van der Waals surface area contributed by atoms with E-state index >= 15 is 0 Å². The SMILES string of the molecule is C=CCn1c(=O)c2cnc(Nc3ccc(N4CCN(C)CC4)c(C)c3)nc2n1-c1cc(F)c(=O)n(C(C)C)c1. The van der Waals surface area contributed by atoms with Crippen molar-refractivity contribution in [2.75, 3.05) is 43.4 Å². The van der Waals surface area contributed by atoms with Crippen molar-refractivity contribution in [3.8, 4) is 5.69 Å². The summed E-state index contributed by atoms with van der Waals surface area (Å²) in [6.07, 6.45) is 4.57. The predicted octanol–water partition coefficient (Wildman–Crippen LogP) is 3.45. The maximum Gasteiger partial charge on any atom is 0.286 e. The van der Waals surface area contributed by atoms with Gasteiger partial charge in [-0.2, -0.15) is 4.98 Å². The van der Waals surface area contributed by atoms with Gasteiger partial charge in [0.05, 0.1) is 12.2 Å². The fraction of sp³-hybridized carbons (Fsp3) is 0.357. The van der Waals surface area contributed by atoms with Gasteiger partial charge in [-0.05, 0) is 51.6 Å². The molecule has 10 nitrogen and oxygen atoms in total. The van der Waals surface area contributed by atoms with Gasteiger partial charge >= 0.3 is 0 Å². The first-order chi connectivity index (χ1) is 18.7. The summed E-state index contributed by atoms with van der Waals surface area (Å²) in [5.41, 5.74) is 2.66. The molecule has 0 radical (unpaired) electrons. The van der Waals surface area contributed by atoms with Crippen molar-refractivity contribution < 1.29 is 4.39 Å². The lowest BCUT2D eigenvalue weighted by atomic mass is 10.1. The van der Waals surface area contributed by atoms with Crippen LogP contribution in [-0.4, -0.2) is 62.0 Å². The molecule has 5 rings (SSSR count). The van der Waals surface area contributed by atoms with Gasteiger partial charge < -0.3 is 19.7 Å². The van der Waals surface area contributed by atoms with E-state index < -0.39 is 11.4 Å². The standard InChI is InChI=1S/C28H33FN8O2/c1-6-9-36-26(38)22-16-30-28(31-20-7-8-24(19(4)14-20)34-12-10-33(5)11-13-34)32-25(22)37(36)21-15-23(29)27(39)35(17-21)18(2)3/h6-8,14-18H,1,9-13H2,2-5H3,(H,30,31,32). The van der Waals surface area contributed by atoms with Gasteiger partial charge in [0.2, 0.25) is 5.95 Å². The molecule has 11 heteroatoms. The number of allylic oxidation sites excluding steroid dienone is 1. The molecule has 0 saturated carbocycles. The molecule has 0 bridgehead atoms. The number of benzene rings is 1. The zero-order valence-electron chi connectivity index (χ0n) is 22.7. The number of nitrogens with zero attached hydrogens (tertiary/aromatic N) is 7. The Kier molecular flexibility index (Phi) is 7.09. The van der Waals surface area contributed by atoms with Crippen molar-refractivity contribution in [3.05, 3.63) is 81.4 Å². The average Bonchev–Trinajstić information content (AvgIpc) is 3.17. The number of piperazine rings is 1. The van der Waals surface area contributed by atoms with Crippen molar-refractivity contribution in [3.63, 3.8) is 0 Å². The third kappa shape index (κ3) is 4.97. The van der Waals surface area contributed by atoms with E-state index in [1.54, 1.807) is 19.9 Å². The van der Waals surface area contributed by atoms with Gasteiger partial charge in [0.1, 0.15) is 5.39 Å². The van der Waals surface area contributed by atoms with E-state index in [-0.39, 0.29) is 29.5 Å². The van der Waals surface area contributed by atoms with Crippen LogP contribution >= 0.6 is 0 Å². The summed E-state index contributed by atoms with van der Waals surface area (Å²) in [7, 11) is 2.14. The van der Waals surface area contributed by atoms with Crippen molar-refractivity contribution >= 4 is 28.4 Å². The third-order valence-electron chi connectivity index (χ3n) is 7.06. The Morgan fingerprint density at radius 2 is 1.87 bits per heavy atom. The van der Waals surface area contributed by atoms with Crippen molar-refractivity contribution in [1.82, 2.24) is 28.8 Å². The lowest BCUT2D eigenvalue weighted by Crippen LogP contribution is -2.44. The minimum atomic E-state index is -0.913. The first-order valence-electron chi connectivity index (χ1n) is 13.0. The summed E-state index contributed by atoms with van der Waals surface area (Å²) in [6.45, 7) is 13.6. The van der Waals surface area contributed by atoms with E-state index in [4.69, 9.17) is 0 Å². The second-order valence-corrected chi connectivity index (χ2v) is 10.2. The predicted molar refractivity (Wildman–Crippen MR) is 152 cm³/mol. The number of anilines is 3. The number of fused-ring (bicyclic) bond motifs is 1. The van der Waals surface area contributed by atoms with Crippen LogP contribution in [0.1, 0.15) is 25.5 Å². The fourth-order valence-electron chi connectivity index (χ4n) is 4.96. The number of hydrogen-bond acceptors (Lipinski definition) is 7. The number of pyridine rings is 1. The van der Waals surface area contributed by atoms with Crippen molar-refractivity contribution in [2.24, 2.45) is 0 Å². The van der Waals surface area contributed by atoms with Crippen LogP contribution < -0.4 is 21.3 Å². The highest BCUT2D eigenvalue weighted by atomic mass is 19.1. The van der Waals surface area contributed by atoms with Crippen LogP contribution in [0.3, 0.4) is 0 Å². The molecule has 4 heterocycles. The molecular weight excluding hydrogens is 499 g/mol. The number of nitrogens with one attached hydrogen (secondary N) is 1. The molecule has 1 saturated heterocycles. The van der Waals surface area contributed by atoms with Crippen LogP contribution in [0, 0.1) is 12.7 Å². The zero-order chi connectivity index (χ0) is 27.8. The van der Waals surface area contributed by atoms with Gasteiger partial charge in [-0.1, -0.05) is 6.08 Å². The Bertz CT molecular complexity index is 1660. The minimum absolute atomic E-state index is 0.160. The van der Waals surface area contributed by atoms with Crippen molar-refractivity contribution in [2.45, 2.75) is 33.4 Å². The fourth-order valence-corrected chi connectivity index (χ4v) is 4.96. The number of halogens is 1. The molecule has 0 unspecified atom stereocenters. The highest BCUT2D eigenvalue weighted by Gasteiger charge is 2.20. The number of rotatable bonds is 7. The maximum absolute atomic E-state index is 14.7. The van der Waals surface area contributed by atoms with E-state index in [0.717, 1.165) is 43.5 Å². The van der Waals surface area contributed by atoms with E-state index in [0.29, 0.717) is 11.3 Å².